The van der Waals surface area contributed by atoms with Crippen LogP contribution in [0.4, 0.5) is 0 Å². The Balaban J connectivity index is 1.97. The van der Waals surface area contributed by atoms with Crippen molar-refractivity contribution in [2.45, 2.75) is 51.9 Å². The van der Waals surface area contributed by atoms with E-state index in [4.69, 9.17) is 0 Å². The minimum absolute atomic E-state index is 1.09. The van der Waals surface area contributed by atoms with Crippen molar-refractivity contribution in [1.82, 2.24) is 9.78 Å². The number of hydrogen-bond acceptors (Lipinski definition) is 2. The zero-order chi connectivity index (χ0) is 13.8. The third-order valence-corrected chi connectivity index (χ3v) is 5.95. The number of nitrogens with zero attached hydrogens (tertiary/aromatic N) is 2. The van der Waals surface area contributed by atoms with Crippen LogP contribution in [0, 0.1) is 0 Å². The lowest BCUT2D eigenvalue weighted by Gasteiger charge is -1.99. The molecule has 0 fully saturated rings. The highest BCUT2D eigenvalue weighted by Crippen LogP contribution is 2.40. The topological polar surface area (TPSA) is 17.8 Å². The molecule has 0 aliphatic heterocycles. The lowest BCUT2D eigenvalue weighted by molar-refractivity contribution is 0.602. The summed E-state index contributed by atoms with van der Waals surface area (Å²) < 4.78 is 4.36. The average molecular weight is 408 g/mol. The zero-order valence-electron chi connectivity index (χ0n) is 11.5. The molecule has 0 amide bonds. The van der Waals surface area contributed by atoms with Gasteiger partial charge in [0.2, 0.25) is 0 Å². The average Bonchev–Trinajstić information content (AvgIpc) is 2.85. The van der Waals surface area contributed by atoms with Gasteiger partial charge in [0.1, 0.15) is 0 Å². The van der Waals surface area contributed by atoms with Gasteiger partial charge in [-0.2, -0.15) is 5.10 Å². The maximum atomic E-state index is 4.67. The van der Waals surface area contributed by atoms with Gasteiger partial charge in [-0.1, -0.05) is 39.0 Å². The molecule has 0 unspecified atom stereocenters. The summed E-state index contributed by atoms with van der Waals surface area (Å²) in [6, 6.07) is 0. The molecule has 2 heterocycles. The van der Waals surface area contributed by atoms with E-state index >= 15 is 0 Å². The fraction of sp³-hybridized carbons (Fsp3) is 0.643. The predicted molar refractivity (Wildman–Crippen MR) is 91.1 cm³/mol. The molecule has 0 spiro atoms. The first-order valence-corrected chi connectivity index (χ1v) is 9.34. The molecule has 2 aromatic heterocycles. The highest BCUT2D eigenvalue weighted by molar-refractivity contribution is 9.12. The smallest absolute Gasteiger partial charge is 0.0970 e. The summed E-state index contributed by atoms with van der Waals surface area (Å²) >= 11 is 9.02. The van der Waals surface area contributed by atoms with Crippen LogP contribution < -0.4 is 0 Å². The van der Waals surface area contributed by atoms with E-state index in [2.05, 4.69) is 43.9 Å². The summed E-state index contributed by atoms with van der Waals surface area (Å²) in [6.45, 7) is 2.26. The van der Waals surface area contributed by atoms with Gasteiger partial charge in [0.25, 0.3) is 0 Å². The molecule has 19 heavy (non-hydrogen) atoms. The van der Waals surface area contributed by atoms with Crippen molar-refractivity contribution in [2.75, 3.05) is 0 Å². The van der Waals surface area contributed by atoms with Crippen molar-refractivity contribution in [3.63, 3.8) is 0 Å². The van der Waals surface area contributed by atoms with Crippen LogP contribution in [0.5, 0.6) is 0 Å². The number of rotatable bonds is 7. The Morgan fingerprint density at radius 3 is 2.47 bits per heavy atom. The third kappa shape index (κ3) is 3.61. The first-order valence-electron chi connectivity index (χ1n) is 6.94. The number of unbranched alkanes of at least 4 members (excludes halogenated alkanes) is 5. The van der Waals surface area contributed by atoms with Crippen molar-refractivity contribution in [1.29, 1.82) is 0 Å². The molecule has 0 aliphatic carbocycles. The zero-order valence-corrected chi connectivity index (χ0v) is 15.5. The van der Waals surface area contributed by atoms with Crippen LogP contribution in [0.3, 0.4) is 0 Å². The van der Waals surface area contributed by atoms with Crippen LogP contribution in [0.25, 0.3) is 10.9 Å². The largest absolute Gasteiger partial charge is 0.266 e. The Hall–Kier alpha value is 0.130. The quantitative estimate of drug-likeness (QED) is 0.509. The van der Waals surface area contributed by atoms with Gasteiger partial charge in [-0.05, 0) is 44.7 Å². The van der Waals surface area contributed by atoms with Gasteiger partial charge in [-0.3, -0.25) is 4.68 Å². The Labute approximate surface area is 135 Å². The summed E-state index contributed by atoms with van der Waals surface area (Å²) in [6.07, 6.45) is 9.08. The number of halogens is 2. The first-order chi connectivity index (χ1) is 9.15. The second-order valence-electron chi connectivity index (χ2n) is 4.96. The highest BCUT2D eigenvalue weighted by atomic mass is 79.9. The van der Waals surface area contributed by atoms with Crippen LogP contribution in [-0.2, 0) is 13.5 Å². The molecule has 2 rings (SSSR count). The number of aromatic nitrogens is 2. The van der Waals surface area contributed by atoms with Crippen LogP contribution in [0.15, 0.2) is 7.57 Å². The minimum atomic E-state index is 1.09. The Morgan fingerprint density at radius 1 is 1.05 bits per heavy atom. The molecule has 106 valence electrons. The van der Waals surface area contributed by atoms with E-state index in [0.717, 1.165) is 6.42 Å². The van der Waals surface area contributed by atoms with Crippen molar-refractivity contribution < 1.29 is 0 Å². The first kappa shape index (κ1) is 15.5. The van der Waals surface area contributed by atoms with Crippen molar-refractivity contribution >= 4 is 54.1 Å². The molecular formula is C14H20Br2N2S. The molecule has 0 bridgehead atoms. The number of hydrogen-bond donors (Lipinski definition) is 0. The molecule has 0 saturated carbocycles. The van der Waals surface area contributed by atoms with Gasteiger partial charge in [0.05, 0.1) is 18.8 Å². The van der Waals surface area contributed by atoms with Crippen LogP contribution in [0.1, 0.15) is 51.1 Å². The van der Waals surface area contributed by atoms with Crippen molar-refractivity contribution in [2.24, 2.45) is 7.05 Å². The normalized spacial score (nSPS) is 11.6. The molecule has 0 aliphatic rings. The number of aryl methyl sites for hydroxylation is 2. The summed E-state index contributed by atoms with van der Waals surface area (Å²) in [5.74, 6) is 0. The molecular weight excluding hydrogens is 388 g/mol. The summed E-state index contributed by atoms with van der Waals surface area (Å²) in [5, 5.41) is 5.97. The lowest BCUT2D eigenvalue weighted by Crippen LogP contribution is -1.93. The highest BCUT2D eigenvalue weighted by Gasteiger charge is 2.17. The fourth-order valence-corrected chi connectivity index (χ4v) is 5.74. The van der Waals surface area contributed by atoms with Crippen LogP contribution >= 0.6 is 43.2 Å². The summed E-state index contributed by atoms with van der Waals surface area (Å²) in [5.41, 5.74) is 2.46. The number of fused-ring (bicyclic) bond motifs is 1. The summed E-state index contributed by atoms with van der Waals surface area (Å²) in [4.78, 5) is 0. The molecule has 0 aromatic carbocycles. The van der Waals surface area contributed by atoms with E-state index in [0.29, 0.717) is 0 Å². The number of thiophene rings is 1. The fourth-order valence-electron chi connectivity index (χ4n) is 2.44. The monoisotopic (exact) mass is 406 g/mol. The van der Waals surface area contributed by atoms with E-state index in [1.54, 1.807) is 11.3 Å². The van der Waals surface area contributed by atoms with Gasteiger partial charge < -0.3 is 0 Å². The Bertz CT molecular complexity index is 545. The van der Waals surface area contributed by atoms with E-state index in [9.17, 15) is 0 Å². The van der Waals surface area contributed by atoms with Gasteiger partial charge in [0.15, 0.2) is 0 Å². The SMILES string of the molecule is CCCCCCCCc1nn(C)c2c(Br)sc(Br)c12. The summed E-state index contributed by atoms with van der Waals surface area (Å²) in [7, 11) is 2.02. The molecule has 2 aromatic rings. The molecule has 0 saturated heterocycles. The van der Waals surface area contributed by atoms with E-state index in [1.165, 1.54) is 62.7 Å². The van der Waals surface area contributed by atoms with Gasteiger partial charge in [-0.25, -0.2) is 0 Å². The molecule has 5 heteroatoms. The standard InChI is InChI=1S/C14H20Br2N2S/c1-3-4-5-6-7-8-9-10-11-12(18(2)17-10)14(16)19-13(11)15/h3-9H2,1-2H3. The maximum Gasteiger partial charge on any atom is 0.0970 e. The van der Waals surface area contributed by atoms with E-state index < -0.39 is 0 Å². The van der Waals surface area contributed by atoms with E-state index in [1.807, 2.05) is 11.7 Å². The van der Waals surface area contributed by atoms with Crippen LogP contribution in [0.2, 0.25) is 0 Å². The van der Waals surface area contributed by atoms with Gasteiger partial charge in [-0.15, -0.1) is 11.3 Å². The van der Waals surface area contributed by atoms with Gasteiger partial charge in [0, 0.05) is 12.4 Å². The predicted octanol–water partition coefficient (Wildman–Crippen LogP) is 6.06. The Morgan fingerprint density at radius 2 is 1.74 bits per heavy atom. The molecule has 2 nitrogen and oxygen atoms in total. The molecule has 0 N–H and O–H groups in total. The molecule has 0 radical (unpaired) electrons. The Kier molecular flexibility index (Phi) is 5.90. The van der Waals surface area contributed by atoms with Crippen LogP contribution in [-0.4, -0.2) is 9.78 Å². The van der Waals surface area contributed by atoms with Gasteiger partial charge >= 0.3 is 0 Å². The van der Waals surface area contributed by atoms with E-state index in [-0.39, 0.29) is 0 Å². The third-order valence-electron chi connectivity index (χ3n) is 3.45. The van der Waals surface area contributed by atoms with Crippen molar-refractivity contribution in [3.05, 3.63) is 13.3 Å². The molecule has 0 atom stereocenters. The maximum absolute atomic E-state index is 4.67. The second kappa shape index (κ2) is 7.23. The lowest BCUT2D eigenvalue weighted by atomic mass is 10.1. The minimum Gasteiger partial charge on any atom is -0.266 e. The van der Waals surface area contributed by atoms with Crippen molar-refractivity contribution in [3.8, 4) is 0 Å². The second-order valence-corrected chi connectivity index (χ2v) is 8.62.